The van der Waals surface area contributed by atoms with E-state index in [0.717, 1.165) is 72.5 Å². The third kappa shape index (κ3) is 6.93. The third-order valence-corrected chi connectivity index (χ3v) is 8.81. The van der Waals surface area contributed by atoms with Gasteiger partial charge in [0, 0.05) is 36.5 Å². The monoisotopic (exact) mass is 593 g/mol. The Morgan fingerprint density at radius 3 is 2.64 bits per heavy atom. The Hall–Kier alpha value is -3.50. The summed E-state index contributed by atoms with van der Waals surface area (Å²) >= 11 is 1.47. The highest BCUT2D eigenvalue weighted by atomic mass is 32.1. The zero-order chi connectivity index (χ0) is 29.6. The lowest BCUT2D eigenvalue weighted by molar-refractivity contribution is 0.0946. The molecule has 1 aliphatic rings. The van der Waals surface area contributed by atoms with Crippen molar-refractivity contribution in [3.05, 3.63) is 59.5 Å². The molecule has 0 atom stereocenters. The van der Waals surface area contributed by atoms with Crippen LogP contribution in [0.25, 0.3) is 26.4 Å². The molecule has 2 aromatic carbocycles. The van der Waals surface area contributed by atoms with Gasteiger partial charge in [-0.2, -0.15) is 0 Å². The van der Waals surface area contributed by atoms with Crippen LogP contribution in [0.15, 0.2) is 42.6 Å². The van der Waals surface area contributed by atoms with Gasteiger partial charge >= 0.3 is 6.09 Å². The van der Waals surface area contributed by atoms with Gasteiger partial charge in [0.05, 0.1) is 22.5 Å². The summed E-state index contributed by atoms with van der Waals surface area (Å²) in [4.78, 5) is 34.8. The number of fused-ring (bicyclic) bond motifs is 3. The van der Waals surface area contributed by atoms with Crippen molar-refractivity contribution >= 4 is 38.5 Å². The number of rotatable bonds is 14. The number of thiazole rings is 1. The fraction of sp³-hybridized carbons (Fsp3) is 0.469. The Morgan fingerprint density at radius 2 is 1.93 bits per heavy atom. The normalized spacial score (nSPS) is 13.3. The Morgan fingerprint density at radius 1 is 1.12 bits per heavy atom. The quantitative estimate of drug-likeness (QED) is 0.164. The van der Waals surface area contributed by atoms with Gasteiger partial charge in [0.15, 0.2) is 4.96 Å². The summed E-state index contributed by atoms with van der Waals surface area (Å²) in [6.07, 6.45) is 6.11. The molecular formula is C32H40FN5O3S. The molecule has 2 heterocycles. The van der Waals surface area contributed by atoms with Crippen molar-refractivity contribution in [1.82, 2.24) is 24.5 Å². The number of carbonyl (C=O) groups is 2. The first kappa shape index (κ1) is 30.0. The lowest BCUT2D eigenvalue weighted by Gasteiger charge is -2.22. The molecule has 1 N–H and O–H groups in total. The van der Waals surface area contributed by atoms with Crippen molar-refractivity contribution in [2.75, 3.05) is 32.8 Å². The van der Waals surface area contributed by atoms with Crippen LogP contribution in [0.3, 0.4) is 0 Å². The number of imidazole rings is 1. The van der Waals surface area contributed by atoms with Gasteiger partial charge in [0.1, 0.15) is 5.82 Å². The summed E-state index contributed by atoms with van der Waals surface area (Å²) in [5.41, 5.74) is 3.21. The maximum Gasteiger partial charge on any atom is 0.410 e. The summed E-state index contributed by atoms with van der Waals surface area (Å²) in [6, 6.07) is 10.9. The van der Waals surface area contributed by atoms with Crippen molar-refractivity contribution < 1.29 is 18.7 Å². The summed E-state index contributed by atoms with van der Waals surface area (Å²) in [5.74, 6) is -0.461. The number of unbranched alkanes of at least 4 members (excludes halogenated alkanes) is 1. The van der Waals surface area contributed by atoms with Gasteiger partial charge in [-0.1, -0.05) is 44.6 Å². The first-order valence-electron chi connectivity index (χ1n) is 15.1. The Balaban J connectivity index is 1.26. The van der Waals surface area contributed by atoms with E-state index in [4.69, 9.17) is 9.72 Å². The van der Waals surface area contributed by atoms with Gasteiger partial charge in [-0.15, -0.1) is 0 Å². The molecule has 1 fully saturated rings. The van der Waals surface area contributed by atoms with E-state index in [2.05, 4.69) is 31.0 Å². The van der Waals surface area contributed by atoms with E-state index in [1.54, 1.807) is 11.0 Å². The summed E-state index contributed by atoms with van der Waals surface area (Å²) in [6.45, 7) is 10.7. The molecule has 4 aromatic rings. The van der Waals surface area contributed by atoms with Crippen molar-refractivity contribution in [1.29, 1.82) is 0 Å². The van der Waals surface area contributed by atoms with Crippen LogP contribution in [0.4, 0.5) is 9.18 Å². The minimum absolute atomic E-state index is 0.0835. The highest BCUT2D eigenvalue weighted by Gasteiger charge is 2.33. The first-order valence-corrected chi connectivity index (χ1v) is 15.9. The summed E-state index contributed by atoms with van der Waals surface area (Å²) in [7, 11) is 0. The molecule has 0 unspecified atom stereocenters. The minimum Gasteiger partial charge on any atom is -0.449 e. The number of hydrogen-bond donors (Lipinski definition) is 1. The molecule has 1 aliphatic carbocycles. The molecule has 2 aromatic heterocycles. The van der Waals surface area contributed by atoms with Crippen molar-refractivity contribution in [2.24, 2.45) is 0 Å². The van der Waals surface area contributed by atoms with Crippen LogP contribution in [-0.2, 0) is 11.3 Å². The average molecular weight is 594 g/mol. The van der Waals surface area contributed by atoms with Crippen molar-refractivity contribution in [3.8, 4) is 11.3 Å². The fourth-order valence-electron chi connectivity index (χ4n) is 5.10. The highest BCUT2D eigenvalue weighted by molar-refractivity contribution is 7.23. The molecule has 8 nitrogen and oxygen atoms in total. The van der Waals surface area contributed by atoms with Crippen molar-refractivity contribution in [3.63, 3.8) is 0 Å². The maximum absolute atomic E-state index is 15.3. The first-order chi connectivity index (χ1) is 20.4. The Labute approximate surface area is 250 Å². The van der Waals surface area contributed by atoms with Crippen LogP contribution in [0, 0.1) is 5.82 Å². The standard InChI is InChI=1S/C32H40FN5O3S/c1-4-7-17-41-32(40)37(24-11-12-24)20-22-9-13-25(26(33)18-22)27-21-38-28-14-10-23(19-29(28)42-31(38)35-27)30(39)34-15-8-16-36(5-2)6-3/h9-10,13-14,18-19,21,24H,4-8,11-12,15-17,20H2,1-3H3,(H,34,39). The molecular weight excluding hydrogens is 553 g/mol. The number of nitrogens with one attached hydrogen (secondary N) is 1. The second-order valence-electron chi connectivity index (χ2n) is 10.8. The lowest BCUT2D eigenvalue weighted by atomic mass is 10.1. The largest absolute Gasteiger partial charge is 0.449 e. The molecule has 2 amide bonds. The predicted molar refractivity (Wildman–Crippen MR) is 166 cm³/mol. The third-order valence-electron chi connectivity index (χ3n) is 7.80. The van der Waals surface area contributed by atoms with Crippen LogP contribution in [-0.4, -0.2) is 70.0 Å². The number of halogens is 1. The van der Waals surface area contributed by atoms with Crippen LogP contribution in [0.2, 0.25) is 0 Å². The van der Waals surface area contributed by atoms with Crippen LogP contribution < -0.4 is 5.32 Å². The van der Waals surface area contributed by atoms with Crippen molar-refractivity contribution in [2.45, 2.75) is 65.5 Å². The number of carbonyl (C=O) groups excluding carboxylic acids is 2. The van der Waals surface area contributed by atoms with E-state index in [1.165, 1.54) is 17.4 Å². The second-order valence-corrected chi connectivity index (χ2v) is 11.8. The number of nitrogens with zero attached hydrogens (tertiary/aromatic N) is 4. The molecule has 224 valence electrons. The van der Waals surface area contributed by atoms with Gasteiger partial charge in [-0.05, 0) is 81.2 Å². The Bertz CT molecular complexity index is 1540. The minimum atomic E-state index is -0.377. The lowest BCUT2D eigenvalue weighted by Crippen LogP contribution is -2.33. The molecule has 0 aliphatic heterocycles. The number of hydrogen-bond acceptors (Lipinski definition) is 6. The topological polar surface area (TPSA) is 79.2 Å². The smallest absolute Gasteiger partial charge is 0.410 e. The molecule has 10 heteroatoms. The van der Waals surface area contributed by atoms with Gasteiger partial charge in [0.2, 0.25) is 0 Å². The van der Waals surface area contributed by atoms with E-state index in [1.807, 2.05) is 34.9 Å². The molecule has 0 radical (unpaired) electrons. The summed E-state index contributed by atoms with van der Waals surface area (Å²) < 4.78 is 23.6. The highest BCUT2D eigenvalue weighted by Crippen LogP contribution is 2.33. The Kier molecular flexibility index (Phi) is 9.74. The van der Waals surface area contributed by atoms with Gasteiger partial charge in [-0.3, -0.25) is 9.20 Å². The van der Waals surface area contributed by atoms with E-state index >= 15 is 4.39 Å². The van der Waals surface area contributed by atoms with E-state index in [-0.39, 0.29) is 23.9 Å². The molecule has 5 rings (SSSR count). The fourth-order valence-corrected chi connectivity index (χ4v) is 6.14. The van der Waals surface area contributed by atoms with Gasteiger partial charge in [-0.25, -0.2) is 14.2 Å². The maximum atomic E-state index is 15.3. The SMILES string of the molecule is CCCCOC(=O)N(Cc1ccc(-c2cn3c(n2)sc2cc(C(=O)NCCCN(CC)CC)ccc23)c(F)c1)C1CC1. The molecule has 0 saturated heterocycles. The van der Waals surface area contributed by atoms with Crippen LogP contribution in [0.5, 0.6) is 0 Å². The van der Waals surface area contributed by atoms with E-state index in [0.29, 0.717) is 36.5 Å². The number of aromatic nitrogens is 2. The van der Waals surface area contributed by atoms with Crippen LogP contribution >= 0.6 is 11.3 Å². The van der Waals surface area contributed by atoms with Gasteiger partial charge < -0.3 is 19.9 Å². The molecule has 0 spiro atoms. The molecule has 42 heavy (non-hydrogen) atoms. The zero-order valence-electron chi connectivity index (χ0n) is 24.7. The number of amides is 2. The van der Waals surface area contributed by atoms with Gasteiger partial charge in [0.25, 0.3) is 5.91 Å². The van der Waals surface area contributed by atoms with Crippen LogP contribution in [0.1, 0.15) is 68.8 Å². The van der Waals surface area contributed by atoms with E-state index < -0.39 is 0 Å². The summed E-state index contributed by atoms with van der Waals surface area (Å²) in [5, 5.41) is 3.02. The van der Waals surface area contributed by atoms with E-state index in [9.17, 15) is 9.59 Å². The number of ether oxygens (including phenoxy) is 1. The average Bonchev–Trinajstić information content (AvgIpc) is 3.66. The zero-order valence-corrected chi connectivity index (χ0v) is 25.5. The predicted octanol–water partition coefficient (Wildman–Crippen LogP) is 6.72. The molecule has 0 bridgehead atoms. The number of benzene rings is 2. The molecule has 1 saturated carbocycles. The second kappa shape index (κ2) is 13.6.